The predicted octanol–water partition coefficient (Wildman–Crippen LogP) is 2.52. The third kappa shape index (κ3) is 2.80. The Labute approximate surface area is 121 Å². The second-order valence-electron chi connectivity index (χ2n) is 6.04. The summed E-state index contributed by atoms with van der Waals surface area (Å²) >= 11 is 0. The topological polar surface area (TPSA) is 58.4 Å². The fraction of sp³-hybridized carbons (Fsp3) is 0.562. The monoisotopic (exact) mass is 275 g/mol. The van der Waals surface area contributed by atoms with Gasteiger partial charge in [0.1, 0.15) is 0 Å². The van der Waals surface area contributed by atoms with Crippen LogP contribution in [0.2, 0.25) is 0 Å². The van der Waals surface area contributed by atoms with E-state index in [1.807, 2.05) is 32.3 Å². The van der Waals surface area contributed by atoms with Crippen LogP contribution in [0.1, 0.15) is 31.2 Å². The average Bonchev–Trinajstić information content (AvgIpc) is 2.90. The third-order valence-electron chi connectivity index (χ3n) is 4.38. The molecule has 110 valence electrons. The molecule has 4 heteroatoms. The van der Waals surface area contributed by atoms with Crippen LogP contribution in [-0.4, -0.2) is 26.5 Å². The number of hydrogen-bond acceptors (Lipinski definition) is 3. The first kappa shape index (κ1) is 14.9. The average molecular weight is 275 g/mol. The maximum absolute atomic E-state index is 12.5. The van der Waals surface area contributed by atoms with E-state index in [4.69, 9.17) is 5.73 Å². The molecule has 1 aliphatic carbocycles. The minimum atomic E-state index is -0.358. The Morgan fingerprint density at radius 1 is 1.35 bits per heavy atom. The molecule has 0 aliphatic heterocycles. The molecule has 0 saturated heterocycles. The largest absolute Gasteiger partial charge is 0.377 e. The van der Waals surface area contributed by atoms with E-state index in [1.54, 1.807) is 0 Å². The molecular weight excluding hydrogens is 250 g/mol. The van der Waals surface area contributed by atoms with Crippen molar-refractivity contribution in [3.05, 3.63) is 23.8 Å². The van der Waals surface area contributed by atoms with Gasteiger partial charge in [-0.05, 0) is 37.5 Å². The number of benzene rings is 1. The van der Waals surface area contributed by atoms with Crippen molar-refractivity contribution in [2.24, 2.45) is 11.1 Å². The van der Waals surface area contributed by atoms with Crippen LogP contribution < -0.4 is 16.0 Å². The molecule has 3 N–H and O–H groups in total. The fourth-order valence-corrected chi connectivity index (χ4v) is 3.01. The van der Waals surface area contributed by atoms with E-state index in [0.717, 1.165) is 37.1 Å². The van der Waals surface area contributed by atoms with Crippen LogP contribution in [0.25, 0.3) is 0 Å². The standard InChI is InChI=1S/C16H25N3O/c1-12-6-7-13(10-14(12)19(2)3)18-15(20)16(11-17)8-4-5-9-16/h6-7,10H,4-5,8-9,11,17H2,1-3H3,(H,18,20). The number of nitrogens with two attached hydrogens (primary N) is 1. The summed E-state index contributed by atoms with van der Waals surface area (Å²) in [5, 5.41) is 3.05. The maximum atomic E-state index is 12.5. The van der Waals surface area contributed by atoms with E-state index < -0.39 is 0 Å². The van der Waals surface area contributed by atoms with E-state index in [-0.39, 0.29) is 11.3 Å². The molecule has 1 saturated carbocycles. The van der Waals surface area contributed by atoms with Gasteiger partial charge in [-0.1, -0.05) is 18.9 Å². The Bertz CT molecular complexity index is 490. The van der Waals surface area contributed by atoms with Crippen molar-refractivity contribution in [1.82, 2.24) is 0 Å². The first-order valence-electron chi connectivity index (χ1n) is 7.28. The van der Waals surface area contributed by atoms with Crippen molar-refractivity contribution >= 4 is 17.3 Å². The van der Waals surface area contributed by atoms with Gasteiger partial charge in [0.2, 0.25) is 5.91 Å². The summed E-state index contributed by atoms with van der Waals surface area (Å²) in [4.78, 5) is 14.6. The molecule has 1 aromatic carbocycles. The highest BCUT2D eigenvalue weighted by Crippen LogP contribution is 2.38. The molecule has 0 radical (unpaired) electrons. The molecule has 20 heavy (non-hydrogen) atoms. The van der Waals surface area contributed by atoms with Crippen LogP contribution in [0.3, 0.4) is 0 Å². The maximum Gasteiger partial charge on any atom is 0.231 e. The van der Waals surface area contributed by atoms with Gasteiger partial charge < -0.3 is 16.0 Å². The quantitative estimate of drug-likeness (QED) is 0.887. The summed E-state index contributed by atoms with van der Waals surface area (Å²) in [6, 6.07) is 6.01. The van der Waals surface area contributed by atoms with Crippen LogP contribution in [0.5, 0.6) is 0 Å². The molecule has 1 aromatic rings. The third-order valence-corrected chi connectivity index (χ3v) is 4.38. The van der Waals surface area contributed by atoms with Crippen LogP contribution in [0, 0.1) is 12.3 Å². The van der Waals surface area contributed by atoms with E-state index in [1.165, 1.54) is 5.56 Å². The van der Waals surface area contributed by atoms with E-state index in [2.05, 4.69) is 17.1 Å². The number of nitrogens with zero attached hydrogens (tertiary/aromatic N) is 1. The summed E-state index contributed by atoms with van der Waals surface area (Å²) in [5.74, 6) is 0.0751. The molecule has 1 aliphatic rings. The van der Waals surface area contributed by atoms with Crippen LogP contribution >= 0.6 is 0 Å². The molecule has 1 fully saturated rings. The van der Waals surface area contributed by atoms with E-state index in [9.17, 15) is 4.79 Å². The zero-order chi connectivity index (χ0) is 14.8. The number of carbonyl (C=O) groups is 1. The highest BCUT2D eigenvalue weighted by Gasteiger charge is 2.39. The Morgan fingerprint density at radius 3 is 2.55 bits per heavy atom. The summed E-state index contributed by atoms with van der Waals surface area (Å²) < 4.78 is 0. The van der Waals surface area contributed by atoms with Crippen molar-refractivity contribution < 1.29 is 4.79 Å². The van der Waals surface area contributed by atoms with Gasteiger partial charge in [-0.25, -0.2) is 0 Å². The van der Waals surface area contributed by atoms with Crippen LogP contribution in [0.4, 0.5) is 11.4 Å². The molecule has 0 unspecified atom stereocenters. The zero-order valence-corrected chi connectivity index (χ0v) is 12.7. The number of carbonyl (C=O) groups excluding carboxylic acids is 1. The lowest BCUT2D eigenvalue weighted by Crippen LogP contribution is -2.40. The molecule has 4 nitrogen and oxygen atoms in total. The number of aryl methyl sites for hydroxylation is 1. The van der Waals surface area contributed by atoms with Gasteiger partial charge in [0.05, 0.1) is 5.41 Å². The SMILES string of the molecule is Cc1ccc(NC(=O)C2(CN)CCCC2)cc1N(C)C. The number of nitrogens with one attached hydrogen (secondary N) is 1. The van der Waals surface area contributed by atoms with Crippen molar-refractivity contribution in [3.63, 3.8) is 0 Å². The number of rotatable bonds is 4. The minimum Gasteiger partial charge on any atom is -0.377 e. The zero-order valence-electron chi connectivity index (χ0n) is 12.7. The summed E-state index contributed by atoms with van der Waals surface area (Å²) in [6.07, 6.45) is 4.01. The number of hydrogen-bond donors (Lipinski definition) is 2. The van der Waals surface area contributed by atoms with Crippen molar-refractivity contribution in [2.45, 2.75) is 32.6 Å². The molecular formula is C16H25N3O. The normalized spacial score (nSPS) is 17.0. The van der Waals surface area contributed by atoms with Crippen molar-refractivity contribution in [3.8, 4) is 0 Å². The second-order valence-corrected chi connectivity index (χ2v) is 6.04. The van der Waals surface area contributed by atoms with Gasteiger partial charge >= 0.3 is 0 Å². The van der Waals surface area contributed by atoms with Gasteiger partial charge in [-0.3, -0.25) is 4.79 Å². The lowest BCUT2D eigenvalue weighted by Gasteiger charge is -2.26. The Balaban J connectivity index is 2.17. The molecule has 0 heterocycles. The Kier molecular flexibility index (Phi) is 4.33. The smallest absolute Gasteiger partial charge is 0.231 e. The Hall–Kier alpha value is -1.55. The van der Waals surface area contributed by atoms with E-state index in [0.29, 0.717) is 6.54 Å². The van der Waals surface area contributed by atoms with Gasteiger partial charge in [-0.15, -0.1) is 0 Å². The van der Waals surface area contributed by atoms with Gasteiger partial charge in [0, 0.05) is 32.0 Å². The molecule has 0 aromatic heterocycles. The number of anilines is 2. The highest BCUT2D eigenvalue weighted by molar-refractivity contribution is 5.96. The molecule has 0 bridgehead atoms. The summed E-state index contributed by atoms with van der Waals surface area (Å²) in [6.45, 7) is 2.50. The summed E-state index contributed by atoms with van der Waals surface area (Å²) in [5.41, 5.74) is 8.67. The number of amides is 1. The first-order valence-corrected chi connectivity index (χ1v) is 7.28. The van der Waals surface area contributed by atoms with Gasteiger partial charge in [0.15, 0.2) is 0 Å². The van der Waals surface area contributed by atoms with Crippen molar-refractivity contribution in [1.29, 1.82) is 0 Å². The molecule has 1 amide bonds. The minimum absolute atomic E-state index is 0.0751. The van der Waals surface area contributed by atoms with E-state index >= 15 is 0 Å². The van der Waals surface area contributed by atoms with Crippen LogP contribution in [0.15, 0.2) is 18.2 Å². The lowest BCUT2D eigenvalue weighted by molar-refractivity contribution is -0.124. The predicted molar refractivity (Wildman–Crippen MR) is 84.1 cm³/mol. The van der Waals surface area contributed by atoms with Crippen molar-refractivity contribution in [2.75, 3.05) is 30.9 Å². The van der Waals surface area contributed by atoms with Gasteiger partial charge in [0.25, 0.3) is 0 Å². The Morgan fingerprint density at radius 2 is 2.00 bits per heavy atom. The lowest BCUT2D eigenvalue weighted by atomic mass is 9.85. The fourth-order valence-electron chi connectivity index (χ4n) is 3.01. The van der Waals surface area contributed by atoms with Gasteiger partial charge in [-0.2, -0.15) is 0 Å². The van der Waals surface area contributed by atoms with Crippen LogP contribution in [-0.2, 0) is 4.79 Å². The summed E-state index contributed by atoms with van der Waals surface area (Å²) in [7, 11) is 4.01. The molecule has 2 rings (SSSR count). The highest BCUT2D eigenvalue weighted by atomic mass is 16.2. The molecule has 0 spiro atoms. The molecule has 0 atom stereocenters. The first-order chi connectivity index (χ1) is 9.48. The second kappa shape index (κ2) is 5.83.